The number of aliphatic hydroxyl groups excluding tert-OH is 1. The normalized spacial score (nSPS) is 14.0. The molecule has 0 radical (unpaired) electrons. The third-order valence-corrected chi connectivity index (χ3v) is 3.83. The molecular formula is C17H19F2NO. The Morgan fingerprint density at radius 2 is 1.62 bits per heavy atom. The fourth-order valence-corrected chi connectivity index (χ4v) is 2.46. The molecule has 4 heteroatoms. The Balaban J connectivity index is 2.41. The molecular weight excluding hydrogens is 272 g/mol. The maximum atomic E-state index is 13.5. The Morgan fingerprint density at radius 3 is 2.10 bits per heavy atom. The van der Waals surface area contributed by atoms with Crippen molar-refractivity contribution in [2.75, 3.05) is 13.2 Å². The second-order valence-corrected chi connectivity index (χ2v) is 5.46. The van der Waals surface area contributed by atoms with Gasteiger partial charge < -0.3 is 10.8 Å². The monoisotopic (exact) mass is 291 g/mol. The molecule has 2 aromatic rings. The summed E-state index contributed by atoms with van der Waals surface area (Å²) >= 11 is 0. The molecule has 112 valence electrons. The molecule has 1 atom stereocenters. The third-order valence-electron chi connectivity index (χ3n) is 3.83. The standard InChI is InChI=1S/C17H19F2NO/c1-12-2-4-13(5-3-12)9-17(10-20,11-21)14-6-15(18)8-16(19)7-14/h2-8,21H,9-11,20H2,1H3. The van der Waals surface area contributed by atoms with Crippen molar-refractivity contribution in [3.63, 3.8) is 0 Å². The highest BCUT2D eigenvalue weighted by Gasteiger charge is 2.31. The van der Waals surface area contributed by atoms with Crippen molar-refractivity contribution in [3.8, 4) is 0 Å². The Morgan fingerprint density at radius 1 is 1.05 bits per heavy atom. The van der Waals surface area contributed by atoms with Crippen LogP contribution in [0.25, 0.3) is 0 Å². The van der Waals surface area contributed by atoms with Crippen LogP contribution in [-0.2, 0) is 11.8 Å². The van der Waals surface area contributed by atoms with Gasteiger partial charge in [-0.15, -0.1) is 0 Å². The summed E-state index contributed by atoms with van der Waals surface area (Å²) in [4.78, 5) is 0. The van der Waals surface area contributed by atoms with Crippen LogP contribution in [0.3, 0.4) is 0 Å². The lowest BCUT2D eigenvalue weighted by Gasteiger charge is -2.31. The molecule has 2 nitrogen and oxygen atoms in total. The van der Waals surface area contributed by atoms with Crippen LogP contribution in [0.4, 0.5) is 8.78 Å². The smallest absolute Gasteiger partial charge is 0.126 e. The quantitative estimate of drug-likeness (QED) is 0.889. The second kappa shape index (κ2) is 6.33. The first kappa shape index (κ1) is 15.6. The number of benzene rings is 2. The van der Waals surface area contributed by atoms with E-state index in [1.165, 1.54) is 12.1 Å². The summed E-state index contributed by atoms with van der Waals surface area (Å²) in [6, 6.07) is 11.1. The summed E-state index contributed by atoms with van der Waals surface area (Å²) in [6.07, 6.45) is 0.420. The van der Waals surface area contributed by atoms with Gasteiger partial charge in [-0.2, -0.15) is 0 Å². The predicted molar refractivity (Wildman–Crippen MR) is 79.1 cm³/mol. The van der Waals surface area contributed by atoms with Gasteiger partial charge in [0.2, 0.25) is 0 Å². The van der Waals surface area contributed by atoms with Crippen LogP contribution < -0.4 is 5.73 Å². The molecule has 0 amide bonds. The van der Waals surface area contributed by atoms with E-state index < -0.39 is 17.0 Å². The van der Waals surface area contributed by atoms with Crippen molar-refractivity contribution < 1.29 is 13.9 Å². The van der Waals surface area contributed by atoms with Gasteiger partial charge in [0.25, 0.3) is 0 Å². The summed E-state index contributed by atoms with van der Waals surface area (Å²) in [5.41, 5.74) is 7.40. The first-order chi connectivity index (χ1) is 9.99. The number of halogens is 2. The van der Waals surface area contributed by atoms with E-state index in [1.807, 2.05) is 31.2 Å². The van der Waals surface area contributed by atoms with Gasteiger partial charge in [0.15, 0.2) is 0 Å². The Kier molecular flexibility index (Phi) is 4.70. The molecule has 0 bridgehead atoms. The highest BCUT2D eigenvalue weighted by Crippen LogP contribution is 2.29. The molecule has 21 heavy (non-hydrogen) atoms. The molecule has 0 aliphatic heterocycles. The molecule has 0 spiro atoms. The molecule has 1 unspecified atom stereocenters. The first-order valence-corrected chi connectivity index (χ1v) is 6.82. The summed E-state index contributed by atoms with van der Waals surface area (Å²) in [5.74, 6) is -1.33. The highest BCUT2D eigenvalue weighted by molar-refractivity contribution is 5.32. The van der Waals surface area contributed by atoms with E-state index in [9.17, 15) is 13.9 Å². The summed E-state index contributed by atoms with van der Waals surface area (Å²) < 4.78 is 26.9. The Labute approximate surface area is 123 Å². The van der Waals surface area contributed by atoms with Crippen LogP contribution in [0, 0.1) is 18.6 Å². The highest BCUT2D eigenvalue weighted by atomic mass is 19.1. The predicted octanol–water partition coefficient (Wildman–Crippen LogP) is 2.70. The first-order valence-electron chi connectivity index (χ1n) is 6.82. The van der Waals surface area contributed by atoms with E-state index in [0.717, 1.165) is 17.2 Å². The van der Waals surface area contributed by atoms with Gasteiger partial charge >= 0.3 is 0 Å². The lowest BCUT2D eigenvalue weighted by atomic mass is 9.76. The molecule has 2 aromatic carbocycles. The molecule has 0 heterocycles. The minimum absolute atomic E-state index is 0.0975. The van der Waals surface area contributed by atoms with Gasteiger partial charge in [-0.3, -0.25) is 0 Å². The summed E-state index contributed by atoms with van der Waals surface area (Å²) in [7, 11) is 0. The van der Waals surface area contributed by atoms with Gasteiger partial charge in [0, 0.05) is 18.0 Å². The van der Waals surface area contributed by atoms with Crippen LogP contribution >= 0.6 is 0 Å². The molecule has 0 saturated heterocycles. The lowest BCUT2D eigenvalue weighted by Crippen LogP contribution is -2.41. The number of rotatable bonds is 5. The fourth-order valence-electron chi connectivity index (χ4n) is 2.46. The van der Waals surface area contributed by atoms with Crippen molar-refractivity contribution in [3.05, 3.63) is 70.8 Å². The fraction of sp³-hybridized carbons (Fsp3) is 0.294. The van der Waals surface area contributed by atoms with E-state index in [-0.39, 0.29) is 13.2 Å². The lowest BCUT2D eigenvalue weighted by molar-refractivity contribution is 0.195. The van der Waals surface area contributed by atoms with Gasteiger partial charge in [0.1, 0.15) is 11.6 Å². The van der Waals surface area contributed by atoms with Gasteiger partial charge in [-0.1, -0.05) is 29.8 Å². The van der Waals surface area contributed by atoms with E-state index in [1.54, 1.807) is 0 Å². The largest absolute Gasteiger partial charge is 0.395 e. The summed E-state index contributed by atoms with van der Waals surface area (Å²) in [6.45, 7) is 1.80. The number of aliphatic hydroxyl groups is 1. The average Bonchev–Trinajstić information content (AvgIpc) is 2.46. The van der Waals surface area contributed by atoms with Gasteiger partial charge in [0.05, 0.1) is 6.61 Å². The SMILES string of the molecule is Cc1ccc(CC(CN)(CO)c2cc(F)cc(F)c2)cc1. The topological polar surface area (TPSA) is 46.2 Å². The molecule has 0 aliphatic carbocycles. The Bertz CT molecular complexity index is 586. The van der Waals surface area contributed by atoms with Crippen LogP contribution in [0.5, 0.6) is 0 Å². The number of hydrogen-bond donors (Lipinski definition) is 2. The van der Waals surface area contributed by atoms with E-state index in [2.05, 4.69) is 0 Å². The molecule has 0 aromatic heterocycles. The molecule has 0 saturated carbocycles. The van der Waals surface area contributed by atoms with Gasteiger partial charge in [-0.25, -0.2) is 8.78 Å². The second-order valence-electron chi connectivity index (χ2n) is 5.46. The maximum Gasteiger partial charge on any atom is 0.126 e. The van der Waals surface area contributed by atoms with Crippen molar-refractivity contribution in [2.45, 2.75) is 18.8 Å². The van der Waals surface area contributed by atoms with Crippen LogP contribution in [-0.4, -0.2) is 18.3 Å². The van der Waals surface area contributed by atoms with Crippen molar-refractivity contribution >= 4 is 0 Å². The van der Waals surface area contributed by atoms with E-state index >= 15 is 0 Å². The van der Waals surface area contributed by atoms with Crippen LogP contribution in [0.15, 0.2) is 42.5 Å². The number of nitrogens with two attached hydrogens (primary N) is 1. The molecule has 2 rings (SSSR count). The minimum Gasteiger partial charge on any atom is -0.395 e. The zero-order valence-corrected chi connectivity index (χ0v) is 11.9. The average molecular weight is 291 g/mol. The minimum atomic E-state index is -0.891. The van der Waals surface area contributed by atoms with E-state index in [4.69, 9.17) is 5.73 Å². The van der Waals surface area contributed by atoms with E-state index in [0.29, 0.717) is 12.0 Å². The van der Waals surface area contributed by atoms with Gasteiger partial charge in [-0.05, 0) is 36.6 Å². The van der Waals surface area contributed by atoms with Crippen LogP contribution in [0.2, 0.25) is 0 Å². The Hall–Kier alpha value is -1.78. The van der Waals surface area contributed by atoms with Crippen molar-refractivity contribution in [1.82, 2.24) is 0 Å². The van der Waals surface area contributed by atoms with Crippen molar-refractivity contribution in [2.24, 2.45) is 5.73 Å². The molecule has 0 aliphatic rings. The summed E-state index contributed by atoms with van der Waals surface area (Å²) in [5, 5.41) is 9.80. The van der Waals surface area contributed by atoms with Crippen molar-refractivity contribution in [1.29, 1.82) is 0 Å². The third kappa shape index (κ3) is 3.46. The number of aryl methyl sites for hydroxylation is 1. The zero-order chi connectivity index (χ0) is 15.5. The molecule has 0 fully saturated rings. The maximum absolute atomic E-state index is 13.5. The zero-order valence-electron chi connectivity index (χ0n) is 11.9. The number of hydrogen-bond acceptors (Lipinski definition) is 2. The van der Waals surface area contributed by atoms with Crippen LogP contribution in [0.1, 0.15) is 16.7 Å². The molecule has 3 N–H and O–H groups in total.